The van der Waals surface area contributed by atoms with Gasteiger partial charge in [0.15, 0.2) is 0 Å². The normalized spacial score (nSPS) is 10.5. The molecule has 21 heavy (non-hydrogen) atoms. The van der Waals surface area contributed by atoms with Crippen molar-refractivity contribution in [2.75, 3.05) is 52.7 Å². The standard InChI is InChI=1S/C14H23N3O4/c15-3-6-19-8-10-21-11-9-20-7-5-17-14(18)13-2-1-4-16-12-13/h1-2,4,12H,3,5-11,15H2,(H,17,18). The van der Waals surface area contributed by atoms with Gasteiger partial charge in [0.1, 0.15) is 0 Å². The van der Waals surface area contributed by atoms with Crippen LogP contribution in [0.4, 0.5) is 0 Å². The predicted octanol–water partition coefficient (Wildman–Crippen LogP) is -0.180. The summed E-state index contributed by atoms with van der Waals surface area (Å²) in [6, 6.07) is 3.43. The monoisotopic (exact) mass is 297 g/mol. The van der Waals surface area contributed by atoms with Crippen LogP contribution in [-0.4, -0.2) is 63.6 Å². The number of hydrogen-bond donors (Lipinski definition) is 2. The quantitative estimate of drug-likeness (QED) is 0.520. The van der Waals surface area contributed by atoms with E-state index in [2.05, 4.69) is 10.3 Å². The van der Waals surface area contributed by atoms with Gasteiger partial charge in [-0.05, 0) is 12.1 Å². The molecule has 0 aliphatic carbocycles. The summed E-state index contributed by atoms with van der Waals surface area (Å²) in [5.41, 5.74) is 5.82. The highest BCUT2D eigenvalue weighted by molar-refractivity contribution is 5.93. The van der Waals surface area contributed by atoms with Gasteiger partial charge >= 0.3 is 0 Å². The number of nitrogens with one attached hydrogen (secondary N) is 1. The van der Waals surface area contributed by atoms with Gasteiger partial charge in [0.05, 0.1) is 45.2 Å². The first kappa shape index (κ1) is 17.5. The van der Waals surface area contributed by atoms with Gasteiger partial charge in [-0.1, -0.05) is 0 Å². The highest BCUT2D eigenvalue weighted by Crippen LogP contribution is 1.94. The minimum absolute atomic E-state index is 0.153. The van der Waals surface area contributed by atoms with Crippen molar-refractivity contribution in [1.82, 2.24) is 10.3 Å². The first-order chi connectivity index (χ1) is 10.3. The summed E-state index contributed by atoms with van der Waals surface area (Å²) in [5.74, 6) is -0.153. The van der Waals surface area contributed by atoms with Crippen LogP contribution in [0.25, 0.3) is 0 Å². The predicted molar refractivity (Wildman–Crippen MR) is 78.1 cm³/mol. The summed E-state index contributed by atoms with van der Waals surface area (Å²) in [6.45, 7) is 4.03. The van der Waals surface area contributed by atoms with Gasteiger partial charge < -0.3 is 25.3 Å². The maximum absolute atomic E-state index is 11.7. The topological polar surface area (TPSA) is 95.7 Å². The second-order valence-electron chi connectivity index (χ2n) is 4.12. The summed E-state index contributed by atoms with van der Waals surface area (Å²) in [4.78, 5) is 15.5. The Kier molecular flexibility index (Phi) is 10.2. The van der Waals surface area contributed by atoms with Crippen LogP contribution < -0.4 is 11.1 Å². The molecule has 0 radical (unpaired) electrons. The number of pyridine rings is 1. The number of carbonyl (C=O) groups excluding carboxylic acids is 1. The Labute approximate surface area is 124 Å². The maximum atomic E-state index is 11.7. The van der Waals surface area contributed by atoms with Gasteiger partial charge in [0.2, 0.25) is 0 Å². The molecule has 1 aromatic heterocycles. The molecule has 1 rings (SSSR count). The number of carbonyl (C=O) groups is 1. The van der Waals surface area contributed by atoms with Gasteiger partial charge in [-0.3, -0.25) is 9.78 Å². The zero-order valence-corrected chi connectivity index (χ0v) is 12.1. The maximum Gasteiger partial charge on any atom is 0.252 e. The minimum Gasteiger partial charge on any atom is -0.378 e. The summed E-state index contributed by atoms with van der Waals surface area (Å²) in [6.07, 6.45) is 3.15. The van der Waals surface area contributed by atoms with Gasteiger partial charge in [-0.25, -0.2) is 0 Å². The average molecular weight is 297 g/mol. The van der Waals surface area contributed by atoms with E-state index in [0.717, 1.165) is 0 Å². The van der Waals surface area contributed by atoms with E-state index in [4.69, 9.17) is 19.9 Å². The molecular weight excluding hydrogens is 274 g/mol. The van der Waals surface area contributed by atoms with E-state index in [9.17, 15) is 4.79 Å². The van der Waals surface area contributed by atoms with Crippen LogP contribution >= 0.6 is 0 Å². The zero-order valence-electron chi connectivity index (χ0n) is 12.1. The van der Waals surface area contributed by atoms with E-state index in [0.29, 0.717) is 58.3 Å². The van der Waals surface area contributed by atoms with Gasteiger partial charge in [-0.2, -0.15) is 0 Å². The van der Waals surface area contributed by atoms with Crippen LogP contribution in [0.1, 0.15) is 10.4 Å². The lowest BCUT2D eigenvalue weighted by Gasteiger charge is -2.07. The molecule has 118 valence electrons. The van der Waals surface area contributed by atoms with Crippen molar-refractivity contribution < 1.29 is 19.0 Å². The minimum atomic E-state index is -0.153. The van der Waals surface area contributed by atoms with Crippen molar-refractivity contribution in [2.24, 2.45) is 5.73 Å². The molecule has 7 nitrogen and oxygen atoms in total. The van der Waals surface area contributed by atoms with E-state index in [-0.39, 0.29) is 5.91 Å². The molecule has 3 N–H and O–H groups in total. The number of amides is 1. The fourth-order valence-corrected chi connectivity index (χ4v) is 1.46. The zero-order chi connectivity index (χ0) is 15.2. The lowest BCUT2D eigenvalue weighted by Crippen LogP contribution is -2.27. The number of hydrogen-bond acceptors (Lipinski definition) is 6. The molecule has 0 fully saturated rings. The molecule has 1 aromatic rings. The van der Waals surface area contributed by atoms with E-state index in [1.165, 1.54) is 6.20 Å². The van der Waals surface area contributed by atoms with Crippen molar-refractivity contribution in [1.29, 1.82) is 0 Å². The molecule has 1 amide bonds. The van der Waals surface area contributed by atoms with Crippen molar-refractivity contribution in [3.8, 4) is 0 Å². The third-order valence-electron chi connectivity index (χ3n) is 2.46. The van der Waals surface area contributed by atoms with Crippen molar-refractivity contribution in [2.45, 2.75) is 0 Å². The molecule has 7 heteroatoms. The van der Waals surface area contributed by atoms with Crippen LogP contribution in [0.5, 0.6) is 0 Å². The number of nitrogens with two attached hydrogens (primary N) is 1. The number of rotatable bonds is 12. The molecular formula is C14H23N3O4. The first-order valence-corrected chi connectivity index (χ1v) is 6.96. The number of nitrogens with zero attached hydrogens (tertiary/aromatic N) is 1. The molecule has 0 aliphatic rings. The fourth-order valence-electron chi connectivity index (χ4n) is 1.46. The molecule has 0 aromatic carbocycles. The van der Waals surface area contributed by atoms with Crippen molar-refractivity contribution in [3.63, 3.8) is 0 Å². The summed E-state index contributed by atoms with van der Waals surface area (Å²) in [5, 5.41) is 2.75. The molecule has 0 saturated heterocycles. The third kappa shape index (κ3) is 9.09. The number of ether oxygens (including phenoxy) is 3. The van der Waals surface area contributed by atoms with Crippen LogP contribution in [0.15, 0.2) is 24.5 Å². The number of aromatic nitrogens is 1. The summed E-state index contributed by atoms with van der Waals surface area (Å²) < 4.78 is 15.8. The molecule has 0 atom stereocenters. The van der Waals surface area contributed by atoms with Crippen molar-refractivity contribution in [3.05, 3.63) is 30.1 Å². The van der Waals surface area contributed by atoms with E-state index < -0.39 is 0 Å². The summed E-state index contributed by atoms with van der Waals surface area (Å²) in [7, 11) is 0. The second kappa shape index (κ2) is 12.2. The molecule has 1 heterocycles. The molecule has 0 aliphatic heterocycles. The largest absolute Gasteiger partial charge is 0.378 e. The van der Waals surface area contributed by atoms with Crippen LogP contribution in [0, 0.1) is 0 Å². The Morgan fingerprint density at radius 1 is 1.10 bits per heavy atom. The first-order valence-electron chi connectivity index (χ1n) is 6.96. The second-order valence-corrected chi connectivity index (χ2v) is 4.12. The Morgan fingerprint density at radius 2 is 1.76 bits per heavy atom. The van der Waals surface area contributed by atoms with Crippen LogP contribution in [-0.2, 0) is 14.2 Å². The van der Waals surface area contributed by atoms with Gasteiger partial charge in [-0.15, -0.1) is 0 Å². The van der Waals surface area contributed by atoms with E-state index >= 15 is 0 Å². The summed E-state index contributed by atoms with van der Waals surface area (Å²) >= 11 is 0. The van der Waals surface area contributed by atoms with Crippen LogP contribution in [0.3, 0.4) is 0 Å². The Balaban J connectivity index is 1.88. The smallest absolute Gasteiger partial charge is 0.252 e. The molecule has 0 bridgehead atoms. The Bertz CT molecular complexity index is 376. The SMILES string of the molecule is NCCOCCOCCOCCNC(=O)c1cccnc1. The van der Waals surface area contributed by atoms with Crippen molar-refractivity contribution >= 4 is 5.91 Å². The fraction of sp³-hybridized carbons (Fsp3) is 0.571. The lowest BCUT2D eigenvalue weighted by molar-refractivity contribution is 0.0166. The highest BCUT2D eigenvalue weighted by atomic mass is 16.5. The molecule has 0 unspecified atom stereocenters. The molecule has 0 saturated carbocycles. The van der Waals surface area contributed by atoms with Gasteiger partial charge in [0.25, 0.3) is 5.91 Å². The highest BCUT2D eigenvalue weighted by Gasteiger charge is 2.03. The molecule has 0 spiro atoms. The Morgan fingerprint density at radius 3 is 2.38 bits per heavy atom. The van der Waals surface area contributed by atoms with E-state index in [1.807, 2.05) is 0 Å². The third-order valence-corrected chi connectivity index (χ3v) is 2.46. The lowest BCUT2D eigenvalue weighted by atomic mass is 10.3. The Hall–Kier alpha value is -1.54. The van der Waals surface area contributed by atoms with Gasteiger partial charge in [0, 0.05) is 25.5 Å². The average Bonchev–Trinajstić information content (AvgIpc) is 2.53. The van der Waals surface area contributed by atoms with Crippen LogP contribution in [0.2, 0.25) is 0 Å². The van der Waals surface area contributed by atoms with E-state index in [1.54, 1.807) is 18.3 Å².